The van der Waals surface area contributed by atoms with Crippen molar-refractivity contribution in [3.8, 4) is 0 Å². The van der Waals surface area contributed by atoms with E-state index in [-0.39, 0.29) is 0 Å². The summed E-state index contributed by atoms with van der Waals surface area (Å²) in [6.45, 7) is 8.88. The van der Waals surface area contributed by atoms with Crippen LogP contribution in [0.3, 0.4) is 0 Å². The number of hydrogen-bond acceptors (Lipinski definition) is 4. The highest BCUT2D eigenvalue weighted by atomic mass is 32.2. The smallest absolute Gasteiger partial charge is 0.242 e. The second-order valence-electron chi connectivity index (χ2n) is 5.15. The van der Waals surface area contributed by atoms with Gasteiger partial charge in [-0.2, -0.15) is 11.8 Å². The molecule has 0 aliphatic rings. The number of nitrogens with zero attached hydrogens (tertiary/aromatic N) is 1. The van der Waals surface area contributed by atoms with Gasteiger partial charge in [0.05, 0.1) is 4.90 Å². The zero-order valence-corrected chi connectivity index (χ0v) is 15.0. The first-order chi connectivity index (χ1) is 9.94. The molecule has 21 heavy (non-hydrogen) atoms. The van der Waals surface area contributed by atoms with E-state index in [1.54, 1.807) is 24.0 Å². The maximum atomic E-state index is 12.3. The standard InChI is InChI=1S/C14H27N3O2S2/c1-5-15-9-13-7-14(10-17(13)6-2)21(18,19)16-8-12(3)11-20-4/h7,10,12,15-16H,5-6,8-9,11H2,1-4H3. The molecule has 0 aromatic carbocycles. The molecule has 0 bridgehead atoms. The molecule has 2 N–H and O–H groups in total. The van der Waals surface area contributed by atoms with Gasteiger partial charge in [-0.05, 0) is 37.5 Å². The number of sulfonamides is 1. The SMILES string of the molecule is CCNCc1cc(S(=O)(=O)NCC(C)CSC)cn1CC. The van der Waals surface area contributed by atoms with Gasteiger partial charge in [-0.15, -0.1) is 0 Å². The van der Waals surface area contributed by atoms with Gasteiger partial charge < -0.3 is 9.88 Å². The third-order valence-electron chi connectivity index (χ3n) is 3.24. The van der Waals surface area contributed by atoms with E-state index in [0.29, 0.717) is 23.9 Å². The summed E-state index contributed by atoms with van der Waals surface area (Å²) in [7, 11) is -3.42. The monoisotopic (exact) mass is 333 g/mol. The van der Waals surface area contributed by atoms with Crippen LogP contribution >= 0.6 is 11.8 Å². The molecule has 0 aliphatic carbocycles. The average Bonchev–Trinajstić information content (AvgIpc) is 2.87. The molecular weight excluding hydrogens is 306 g/mol. The van der Waals surface area contributed by atoms with Crippen LogP contribution in [0.2, 0.25) is 0 Å². The summed E-state index contributed by atoms with van der Waals surface area (Å²) < 4.78 is 29.4. The highest BCUT2D eigenvalue weighted by molar-refractivity contribution is 7.98. The Balaban J connectivity index is 2.80. The van der Waals surface area contributed by atoms with Gasteiger partial charge in [0.15, 0.2) is 0 Å². The zero-order chi connectivity index (χ0) is 15.9. The molecule has 0 saturated carbocycles. The van der Waals surface area contributed by atoms with E-state index in [1.165, 1.54) is 0 Å². The van der Waals surface area contributed by atoms with Crippen molar-refractivity contribution in [1.82, 2.24) is 14.6 Å². The molecule has 1 aromatic heterocycles. The van der Waals surface area contributed by atoms with E-state index in [2.05, 4.69) is 10.0 Å². The molecule has 7 heteroatoms. The number of aromatic nitrogens is 1. The molecule has 122 valence electrons. The van der Waals surface area contributed by atoms with Crippen molar-refractivity contribution in [2.75, 3.05) is 25.1 Å². The Morgan fingerprint density at radius 2 is 2.10 bits per heavy atom. The zero-order valence-electron chi connectivity index (χ0n) is 13.3. The second kappa shape index (κ2) is 8.82. The molecule has 0 radical (unpaired) electrons. The molecule has 1 unspecified atom stereocenters. The van der Waals surface area contributed by atoms with Crippen molar-refractivity contribution in [1.29, 1.82) is 0 Å². The Bertz CT molecular complexity index is 526. The predicted octanol–water partition coefficient (Wildman–Crippen LogP) is 1.89. The molecule has 1 rings (SSSR count). The van der Waals surface area contributed by atoms with Crippen LogP contribution in [0.1, 0.15) is 26.5 Å². The molecule has 0 amide bonds. The summed E-state index contributed by atoms with van der Waals surface area (Å²) in [6.07, 6.45) is 3.74. The van der Waals surface area contributed by atoms with Gasteiger partial charge in [0.2, 0.25) is 10.0 Å². The van der Waals surface area contributed by atoms with Gasteiger partial charge in [0.25, 0.3) is 0 Å². The topological polar surface area (TPSA) is 63.1 Å². The lowest BCUT2D eigenvalue weighted by molar-refractivity contribution is 0.562. The first-order valence-electron chi connectivity index (χ1n) is 7.32. The summed E-state index contributed by atoms with van der Waals surface area (Å²) in [4.78, 5) is 0.355. The average molecular weight is 334 g/mol. The third-order valence-corrected chi connectivity index (χ3v) is 5.53. The number of thioether (sulfide) groups is 1. The fourth-order valence-electron chi connectivity index (χ4n) is 2.05. The summed E-state index contributed by atoms with van der Waals surface area (Å²) in [6, 6.07) is 1.76. The largest absolute Gasteiger partial charge is 0.349 e. The molecule has 0 saturated heterocycles. The van der Waals surface area contributed by atoms with E-state index in [0.717, 1.165) is 24.5 Å². The Morgan fingerprint density at radius 3 is 2.67 bits per heavy atom. The second-order valence-corrected chi connectivity index (χ2v) is 7.82. The van der Waals surface area contributed by atoms with Crippen LogP contribution in [0.5, 0.6) is 0 Å². The van der Waals surface area contributed by atoms with Crippen molar-refractivity contribution in [2.45, 2.75) is 38.8 Å². The van der Waals surface area contributed by atoms with Crippen molar-refractivity contribution in [2.24, 2.45) is 5.92 Å². The first-order valence-corrected chi connectivity index (χ1v) is 10.2. The number of aryl methyl sites for hydroxylation is 1. The van der Waals surface area contributed by atoms with Crippen LogP contribution in [0.25, 0.3) is 0 Å². The van der Waals surface area contributed by atoms with E-state index in [1.807, 2.05) is 31.6 Å². The van der Waals surface area contributed by atoms with E-state index in [4.69, 9.17) is 0 Å². The van der Waals surface area contributed by atoms with Gasteiger partial charge in [0, 0.05) is 31.5 Å². The van der Waals surface area contributed by atoms with E-state index in [9.17, 15) is 8.42 Å². The summed E-state index contributed by atoms with van der Waals surface area (Å²) in [5, 5.41) is 3.23. The maximum Gasteiger partial charge on any atom is 0.242 e. The predicted molar refractivity (Wildman–Crippen MR) is 90.2 cm³/mol. The van der Waals surface area contributed by atoms with Crippen molar-refractivity contribution in [3.63, 3.8) is 0 Å². The van der Waals surface area contributed by atoms with Gasteiger partial charge in [-0.25, -0.2) is 13.1 Å². The number of hydrogen-bond donors (Lipinski definition) is 2. The Hall–Kier alpha value is -0.500. The minimum absolute atomic E-state index is 0.323. The Kier molecular flexibility index (Phi) is 7.79. The van der Waals surface area contributed by atoms with Crippen LogP contribution < -0.4 is 10.0 Å². The van der Waals surface area contributed by atoms with Gasteiger partial charge in [0.1, 0.15) is 0 Å². The summed E-state index contributed by atoms with van der Waals surface area (Å²) in [5.74, 6) is 1.27. The Morgan fingerprint density at radius 1 is 1.38 bits per heavy atom. The minimum Gasteiger partial charge on any atom is -0.349 e. The maximum absolute atomic E-state index is 12.3. The molecular formula is C14H27N3O2S2. The first kappa shape index (κ1) is 18.5. The summed E-state index contributed by atoms with van der Waals surface area (Å²) >= 11 is 1.73. The van der Waals surface area contributed by atoms with Crippen LogP contribution in [-0.2, 0) is 23.1 Å². The number of nitrogens with one attached hydrogen (secondary N) is 2. The molecule has 1 heterocycles. The van der Waals surface area contributed by atoms with Crippen molar-refractivity contribution in [3.05, 3.63) is 18.0 Å². The number of rotatable bonds is 10. The molecule has 0 spiro atoms. The van der Waals surface area contributed by atoms with Gasteiger partial charge in [-0.1, -0.05) is 13.8 Å². The van der Waals surface area contributed by atoms with Crippen LogP contribution in [0.4, 0.5) is 0 Å². The third kappa shape index (κ3) is 5.65. The quantitative estimate of drug-likeness (QED) is 0.686. The molecule has 1 aromatic rings. The lowest BCUT2D eigenvalue weighted by atomic mass is 10.2. The minimum atomic E-state index is -3.42. The van der Waals surface area contributed by atoms with Gasteiger partial charge in [-0.3, -0.25) is 0 Å². The molecule has 0 aliphatic heterocycles. The fourth-order valence-corrected chi connectivity index (χ4v) is 3.96. The lowest BCUT2D eigenvalue weighted by Gasteiger charge is -2.10. The summed E-state index contributed by atoms with van der Waals surface area (Å²) in [5.41, 5.74) is 0.997. The Labute approximate surface area is 132 Å². The highest BCUT2D eigenvalue weighted by Crippen LogP contribution is 2.15. The van der Waals surface area contributed by atoms with Crippen LogP contribution in [0.15, 0.2) is 17.2 Å². The van der Waals surface area contributed by atoms with Crippen molar-refractivity contribution >= 4 is 21.8 Å². The van der Waals surface area contributed by atoms with Gasteiger partial charge >= 0.3 is 0 Å². The lowest BCUT2D eigenvalue weighted by Crippen LogP contribution is -2.29. The fraction of sp³-hybridized carbons (Fsp3) is 0.714. The highest BCUT2D eigenvalue weighted by Gasteiger charge is 2.18. The van der Waals surface area contributed by atoms with E-state index >= 15 is 0 Å². The van der Waals surface area contributed by atoms with Crippen LogP contribution in [0, 0.1) is 5.92 Å². The normalized spacial score (nSPS) is 13.5. The van der Waals surface area contributed by atoms with Crippen LogP contribution in [-0.4, -0.2) is 38.1 Å². The van der Waals surface area contributed by atoms with Crippen molar-refractivity contribution < 1.29 is 8.42 Å². The van der Waals surface area contributed by atoms with E-state index < -0.39 is 10.0 Å². The molecule has 0 fully saturated rings. The molecule has 5 nitrogen and oxygen atoms in total. The molecule has 1 atom stereocenters.